The van der Waals surface area contributed by atoms with E-state index in [1.54, 1.807) is 0 Å². The van der Waals surface area contributed by atoms with Gasteiger partial charge in [0.15, 0.2) is 5.17 Å². The number of nitrogens with zero attached hydrogens (tertiary/aromatic N) is 1. The predicted molar refractivity (Wildman–Crippen MR) is 86.1 cm³/mol. The number of carboxylic acid groups (broad SMARTS) is 1. The molecule has 0 spiro atoms. The molecule has 134 valence electrons. The Hall–Kier alpha value is -2.20. The van der Waals surface area contributed by atoms with Crippen molar-refractivity contribution in [1.82, 2.24) is 5.32 Å². The Balaban J connectivity index is 2.07. The van der Waals surface area contributed by atoms with Crippen LogP contribution in [0.25, 0.3) is 0 Å². The van der Waals surface area contributed by atoms with E-state index in [0.717, 1.165) is 23.9 Å². The van der Waals surface area contributed by atoms with Gasteiger partial charge in [-0.3, -0.25) is 10.1 Å². The zero-order valence-electron chi connectivity index (χ0n) is 12.9. The minimum Gasteiger partial charge on any atom is -0.465 e. The van der Waals surface area contributed by atoms with Gasteiger partial charge in [-0.05, 0) is 12.5 Å². The van der Waals surface area contributed by atoms with Crippen molar-refractivity contribution in [1.29, 1.82) is 0 Å². The van der Waals surface area contributed by atoms with Crippen molar-refractivity contribution < 1.29 is 28.2 Å². The summed E-state index contributed by atoms with van der Waals surface area (Å²) < 4.78 is 33.2. The summed E-state index contributed by atoms with van der Waals surface area (Å²) in [6.45, 7) is -0.167. The van der Waals surface area contributed by atoms with E-state index >= 15 is 0 Å². The normalized spacial score (nSPS) is 28.6. The molecule has 0 bridgehead atoms. The summed E-state index contributed by atoms with van der Waals surface area (Å²) >= 11 is 1.15. The van der Waals surface area contributed by atoms with E-state index in [9.17, 15) is 18.4 Å². The number of ether oxygens (including phenoxy) is 1. The highest BCUT2D eigenvalue weighted by Crippen LogP contribution is 2.46. The number of nitrogens with one attached hydrogen (secondary N) is 1. The van der Waals surface area contributed by atoms with Gasteiger partial charge < -0.3 is 15.6 Å². The lowest BCUT2D eigenvalue weighted by Gasteiger charge is -2.45. The van der Waals surface area contributed by atoms with Crippen LogP contribution in [0, 0.1) is 17.6 Å². The van der Waals surface area contributed by atoms with E-state index in [-0.39, 0.29) is 29.7 Å². The van der Waals surface area contributed by atoms with Crippen molar-refractivity contribution in [2.45, 2.75) is 18.1 Å². The van der Waals surface area contributed by atoms with E-state index in [4.69, 9.17) is 15.6 Å². The van der Waals surface area contributed by atoms with Gasteiger partial charge in [0.2, 0.25) is 5.91 Å². The van der Waals surface area contributed by atoms with Gasteiger partial charge in [0.25, 0.3) is 0 Å². The molecular weight excluding hydrogens is 356 g/mol. The number of primary amides is 1. The highest BCUT2D eigenvalue weighted by atomic mass is 32.2. The van der Waals surface area contributed by atoms with Crippen LogP contribution in [0.5, 0.6) is 0 Å². The first-order chi connectivity index (χ1) is 11.8. The molecule has 1 fully saturated rings. The second-order valence-electron chi connectivity index (χ2n) is 5.84. The maximum Gasteiger partial charge on any atom is 0.410 e. The summed E-state index contributed by atoms with van der Waals surface area (Å²) in [5, 5.41) is 11.2. The molecular formula is C15H15F2N3O4S. The minimum absolute atomic E-state index is 0.0896. The summed E-state index contributed by atoms with van der Waals surface area (Å²) in [6, 6.07) is 3.11. The fraction of sp³-hybridized carbons (Fsp3) is 0.400. The lowest BCUT2D eigenvalue weighted by atomic mass is 9.75. The van der Waals surface area contributed by atoms with Crippen LogP contribution in [0.4, 0.5) is 13.6 Å². The SMILES string of the molecule is NC(=O)[C@H]1C[C@H]2CSC(NC(=O)O)=N[C@@]2(c2ccc(F)cc2F)CO1. The first-order valence-electron chi connectivity index (χ1n) is 7.41. The minimum atomic E-state index is -1.30. The average Bonchev–Trinajstić information content (AvgIpc) is 2.53. The number of halogens is 2. The van der Waals surface area contributed by atoms with Gasteiger partial charge in [-0.15, -0.1) is 0 Å². The van der Waals surface area contributed by atoms with Crippen LogP contribution < -0.4 is 11.1 Å². The number of fused-ring (bicyclic) bond motifs is 1. The fourth-order valence-corrected chi connectivity index (χ4v) is 4.30. The van der Waals surface area contributed by atoms with Crippen LogP contribution in [0.2, 0.25) is 0 Å². The van der Waals surface area contributed by atoms with Crippen LogP contribution in [0.15, 0.2) is 23.2 Å². The monoisotopic (exact) mass is 371 g/mol. The number of benzene rings is 1. The fourth-order valence-electron chi connectivity index (χ4n) is 3.14. The van der Waals surface area contributed by atoms with E-state index in [1.807, 2.05) is 0 Å². The molecule has 2 heterocycles. The molecule has 3 atom stereocenters. The lowest BCUT2D eigenvalue weighted by molar-refractivity contribution is -0.138. The molecule has 1 aromatic carbocycles. The van der Waals surface area contributed by atoms with Crippen LogP contribution >= 0.6 is 11.8 Å². The van der Waals surface area contributed by atoms with E-state index in [2.05, 4.69) is 10.3 Å². The lowest BCUT2D eigenvalue weighted by Crippen LogP contribution is -2.53. The zero-order valence-corrected chi connectivity index (χ0v) is 13.7. The molecule has 0 unspecified atom stereocenters. The Bertz CT molecular complexity index is 760. The molecule has 2 aliphatic rings. The Labute approximate surface area is 145 Å². The second-order valence-corrected chi connectivity index (χ2v) is 6.85. The molecule has 1 aromatic rings. The Kier molecular flexibility index (Phi) is 4.65. The zero-order chi connectivity index (χ0) is 18.2. The molecule has 3 rings (SSSR count). The molecule has 0 saturated carbocycles. The molecule has 0 aliphatic carbocycles. The number of amides is 2. The molecule has 0 aromatic heterocycles. The molecule has 0 radical (unpaired) electrons. The molecule has 4 N–H and O–H groups in total. The van der Waals surface area contributed by atoms with Gasteiger partial charge in [-0.2, -0.15) is 0 Å². The number of carbonyl (C=O) groups excluding carboxylic acids is 1. The number of thioether (sulfide) groups is 1. The smallest absolute Gasteiger partial charge is 0.410 e. The van der Waals surface area contributed by atoms with Gasteiger partial charge >= 0.3 is 6.09 Å². The van der Waals surface area contributed by atoms with Gasteiger partial charge in [0, 0.05) is 23.3 Å². The summed E-state index contributed by atoms with van der Waals surface area (Å²) in [5.74, 6) is -2.13. The van der Waals surface area contributed by atoms with Crippen LogP contribution in [0.1, 0.15) is 12.0 Å². The van der Waals surface area contributed by atoms with Crippen molar-refractivity contribution in [3.05, 3.63) is 35.4 Å². The van der Waals surface area contributed by atoms with Crippen molar-refractivity contribution in [3.8, 4) is 0 Å². The maximum atomic E-state index is 14.4. The number of hydrogen-bond acceptors (Lipinski definition) is 5. The van der Waals surface area contributed by atoms with Crippen molar-refractivity contribution in [2.75, 3.05) is 12.4 Å². The Morgan fingerprint density at radius 2 is 2.20 bits per heavy atom. The van der Waals surface area contributed by atoms with Crippen molar-refractivity contribution in [3.63, 3.8) is 0 Å². The predicted octanol–water partition coefficient (Wildman–Crippen LogP) is 1.42. The molecule has 7 nitrogen and oxygen atoms in total. The standard InChI is InChI=1S/C15H15F2N3O4S/c16-8-1-2-9(10(17)4-8)15-6-24-11(12(18)21)3-7(15)5-25-13(20-15)19-14(22)23/h1-2,4,7,11H,3,5-6H2,(H2,18,21)(H,19,20)(H,22,23)/t7-,11+,15-/m0/s1. The third-order valence-corrected chi connectivity index (χ3v) is 5.37. The number of nitrogens with two attached hydrogens (primary N) is 1. The van der Waals surface area contributed by atoms with Crippen LogP contribution in [-0.4, -0.2) is 40.7 Å². The van der Waals surface area contributed by atoms with Crippen LogP contribution in [-0.2, 0) is 15.1 Å². The molecule has 2 amide bonds. The van der Waals surface area contributed by atoms with Crippen LogP contribution in [0.3, 0.4) is 0 Å². The number of aliphatic imine (C=N–C) groups is 1. The molecule has 1 saturated heterocycles. The first kappa shape index (κ1) is 17.6. The number of hydrogen-bond donors (Lipinski definition) is 3. The van der Waals surface area contributed by atoms with Gasteiger partial charge in [-0.25, -0.2) is 18.6 Å². The Morgan fingerprint density at radius 3 is 2.84 bits per heavy atom. The number of carbonyl (C=O) groups is 2. The summed E-state index contributed by atoms with van der Waals surface area (Å²) in [5.41, 5.74) is 4.13. The molecule has 25 heavy (non-hydrogen) atoms. The average molecular weight is 371 g/mol. The largest absolute Gasteiger partial charge is 0.465 e. The highest BCUT2D eigenvalue weighted by Gasteiger charge is 2.50. The van der Waals surface area contributed by atoms with Crippen molar-refractivity contribution >= 4 is 28.9 Å². The summed E-state index contributed by atoms with van der Waals surface area (Å²) in [7, 11) is 0. The second kappa shape index (κ2) is 6.60. The third kappa shape index (κ3) is 3.31. The van der Waals surface area contributed by atoms with Gasteiger partial charge in [-0.1, -0.05) is 17.8 Å². The van der Waals surface area contributed by atoms with E-state index in [0.29, 0.717) is 5.75 Å². The Morgan fingerprint density at radius 1 is 1.44 bits per heavy atom. The maximum absolute atomic E-state index is 14.4. The van der Waals surface area contributed by atoms with Gasteiger partial charge in [0.05, 0.1) is 6.61 Å². The number of amidine groups is 1. The van der Waals surface area contributed by atoms with Crippen molar-refractivity contribution in [2.24, 2.45) is 16.6 Å². The summed E-state index contributed by atoms with van der Waals surface area (Å²) in [4.78, 5) is 26.7. The molecule has 2 aliphatic heterocycles. The van der Waals surface area contributed by atoms with E-state index in [1.165, 1.54) is 6.07 Å². The highest BCUT2D eigenvalue weighted by molar-refractivity contribution is 8.13. The van der Waals surface area contributed by atoms with Gasteiger partial charge in [0.1, 0.15) is 23.3 Å². The summed E-state index contributed by atoms with van der Waals surface area (Å²) in [6.07, 6.45) is -1.92. The molecule has 10 heteroatoms. The topological polar surface area (TPSA) is 114 Å². The number of rotatable bonds is 2. The third-order valence-electron chi connectivity index (χ3n) is 4.33. The van der Waals surface area contributed by atoms with E-state index < -0.39 is 35.3 Å². The first-order valence-corrected chi connectivity index (χ1v) is 8.39. The quantitative estimate of drug-likeness (QED) is 0.728.